The van der Waals surface area contributed by atoms with Crippen molar-refractivity contribution in [2.24, 2.45) is 10.8 Å². The van der Waals surface area contributed by atoms with Crippen LogP contribution in [0.3, 0.4) is 0 Å². The molecular weight excluding hydrogens is 496 g/mol. The van der Waals surface area contributed by atoms with Crippen LogP contribution in [-0.2, 0) is 42.5 Å². The summed E-state index contributed by atoms with van der Waals surface area (Å²) in [6.07, 6.45) is 1.60. The van der Waals surface area contributed by atoms with Gasteiger partial charge in [0.2, 0.25) is 0 Å². The summed E-state index contributed by atoms with van der Waals surface area (Å²) in [5.74, 6) is -1.12. The fourth-order valence-corrected chi connectivity index (χ4v) is 7.83. The van der Waals surface area contributed by atoms with E-state index >= 15 is 0 Å². The highest BCUT2D eigenvalue weighted by Gasteiger charge is 2.86. The van der Waals surface area contributed by atoms with Crippen molar-refractivity contribution >= 4 is 26.2 Å². The molecular formula is C27H42O9Si. The molecule has 4 aliphatic rings. The summed E-state index contributed by atoms with van der Waals surface area (Å²) < 4.78 is 37.4. The van der Waals surface area contributed by atoms with Crippen LogP contribution in [-0.4, -0.2) is 75.6 Å². The number of unbranched alkanes of at least 4 members (excludes halogenated alkanes) is 1. The monoisotopic (exact) mass is 538 g/mol. The molecule has 9 nitrogen and oxygen atoms in total. The number of epoxide rings is 1. The van der Waals surface area contributed by atoms with Crippen LogP contribution in [0.1, 0.15) is 60.3 Å². The average Bonchev–Trinajstić information content (AvgIpc) is 3.57. The molecule has 1 spiro atoms. The van der Waals surface area contributed by atoms with Crippen molar-refractivity contribution in [3.8, 4) is 0 Å². The lowest BCUT2D eigenvalue weighted by Crippen LogP contribution is -2.68. The van der Waals surface area contributed by atoms with Crippen molar-refractivity contribution < 1.29 is 42.5 Å². The zero-order chi connectivity index (χ0) is 27.4. The minimum absolute atomic E-state index is 0.00551. The Labute approximate surface area is 220 Å². The quantitative estimate of drug-likeness (QED) is 0.143. The van der Waals surface area contributed by atoms with Gasteiger partial charge < -0.3 is 28.1 Å². The second-order valence-electron chi connectivity index (χ2n) is 12.2. The van der Waals surface area contributed by atoms with Crippen LogP contribution in [0.25, 0.3) is 0 Å². The number of carbonyl (C=O) groups excluding carboxylic acids is 3. The van der Waals surface area contributed by atoms with Crippen molar-refractivity contribution in [2.75, 3.05) is 13.2 Å². The molecule has 1 saturated carbocycles. The van der Waals surface area contributed by atoms with Crippen LogP contribution >= 0.6 is 0 Å². The van der Waals surface area contributed by atoms with E-state index in [2.05, 4.69) is 19.6 Å². The highest BCUT2D eigenvalue weighted by Crippen LogP contribution is 2.72. The Kier molecular flexibility index (Phi) is 7.46. The second-order valence-corrected chi connectivity index (χ2v) is 16.7. The van der Waals surface area contributed by atoms with Crippen molar-refractivity contribution in [1.29, 1.82) is 0 Å². The first-order valence-corrected chi connectivity index (χ1v) is 16.8. The van der Waals surface area contributed by atoms with Crippen molar-refractivity contribution in [2.45, 2.75) is 116 Å². The van der Waals surface area contributed by atoms with E-state index in [-0.39, 0.29) is 12.6 Å². The number of esters is 3. The molecule has 2 saturated heterocycles. The molecule has 0 aromatic carbocycles. The maximum absolute atomic E-state index is 12.7. The minimum atomic E-state index is -2.11. The lowest BCUT2D eigenvalue weighted by Gasteiger charge is -2.58. The molecule has 37 heavy (non-hydrogen) atoms. The first kappa shape index (κ1) is 28.3. The van der Waals surface area contributed by atoms with Gasteiger partial charge in [0.1, 0.15) is 36.6 Å². The molecule has 0 unspecified atom stereocenters. The molecule has 0 aromatic rings. The fourth-order valence-electron chi connectivity index (χ4n) is 6.76. The number of hydrogen-bond acceptors (Lipinski definition) is 9. The van der Waals surface area contributed by atoms with E-state index in [1.807, 2.05) is 26.8 Å². The molecule has 0 N–H and O–H groups in total. The normalized spacial score (nSPS) is 40.0. The Bertz CT molecular complexity index is 967. The third-order valence-electron chi connectivity index (χ3n) is 8.63. The molecule has 10 heteroatoms. The predicted molar refractivity (Wildman–Crippen MR) is 136 cm³/mol. The largest absolute Gasteiger partial charge is 0.465 e. The van der Waals surface area contributed by atoms with Gasteiger partial charge in [-0.25, -0.2) is 0 Å². The first-order valence-electron chi connectivity index (χ1n) is 13.4. The van der Waals surface area contributed by atoms with Crippen molar-refractivity contribution in [3.05, 3.63) is 11.6 Å². The van der Waals surface area contributed by atoms with Crippen molar-refractivity contribution in [3.63, 3.8) is 0 Å². The molecule has 2 heterocycles. The van der Waals surface area contributed by atoms with Gasteiger partial charge in [0.25, 0.3) is 0 Å². The van der Waals surface area contributed by atoms with E-state index < -0.39 is 67.2 Å². The highest BCUT2D eigenvalue weighted by atomic mass is 28.4. The maximum atomic E-state index is 12.7. The highest BCUT2D eigenvalue weighted by molar-refractivity contribution is 6.69. The lowest BCUT2D eigenvalue weighted by atomic mass is 9.51. The van der Waals surface area contributed by atoms with Gasteiger partial charge in [0.15, 0.2) is 8.32 Å². The number of ether oxygens (including phenoxy) is 5. The number of carbonyl (C=O) groups is 3. The van der Waals surface area contributed by atoms with E-state index in [4.69, 9.17) is 28.1 Å². The van der Waals surface area contributed by atoms with Crippen LogP contribution in [0.2, 0.25) is 19.6 Å². The Morgan fingerprint density at radius 1 is 1.14 bits per heavy atom. The van der Waals surface area contributed by atoms with E-state index in [0.717, 1.165) is 18.4 Å². The second kappa shape index (κ2) is 9.77. The molecule has 2 aliphatic heterocycles. The van der Waals surface area contributed by atoms with Gasteiger partial charge in [-0.1, -0.05) is 26.3 Å². The summed E-state index contributed by atoms with van der Waals surface area (Å²) in [4.78, 5) is 37.2. The van der Waals surface area contributed by atoms with Crippen LogP contribution in [0.4, 0.5) is 0 Å². The van der Waals surface area contributed by atoms with Gasteiger partial charge in [-0.3, -0.25) is 14.4 Å². The van der Waals surface area contributed by atoms with Crippen molar-refractivity contribution in [1.82, 2.24) is 0 Å². The third kappa shape index (κ3) is 4.68. The SMILES string of the molecule is CCCCC(=O)O[C@H]1C[C@@]2(COC(C)=O)[C@@H](C=C1C)O[C@@H]1[C@H](O[Si](C)(C)C)[C@@H](OC(C)=O)[C@@]2(C)[C@]12CO2. The lowest BCUT2D eigenvalue weighted by molar-refractivity contribution is -0.241. The zero-order valence-corrected chi connectivity index (χ0v) is 24.4. The van der Waals surface area contributed by atoms with E-state index in [1.54, 1.807) is 0 Å². The van der Waals surface area contributed by atoms with Crippen LogP contribution < -0.4 is 0 Å². The van der Waals surface area contributed by atoms with Crippen LogP contribution in [0.15, 0.2) is 11.6 Å². The van der Waals surface area contributed by atoms with E-state index in [9.17, 15) is 14.4 Å². The molecule has 3 fully saturated rings. The summed E-state index contributed by atoms with van der Waals surface area (Å²) in [6, 6.07) is 0. The Balaban J connectivity index is 1.83. The van der Waals surface area contributed by atoms with Gasteiger partial charge in [-0.15, -0.1) is 0 Å². The Hall–Kier alpha value is -1.75. The van der Waals surface area contributed by atoms with Gasteiger partial charge in [0, 0.05) is 26.7 Å². The molecule has 2 aliphatic carbocycles. The fraction of sp³-hybridized carbons (Fsp3) is 0.815. The van der Waals surface area contributed by atoms with Gasteiger partial charge in [-0.2, -0.15) is 0 Å². The molecule has 0 radical (unpaired) electrons. The van der Waals surface area contributed by atoms with E-state index in [1.165, 1.54) is 13.8 Å². The summed E-state index contributed by atoms with van der Waals surface area (Å²) >= 11 is 0. The van der Waals surface area contributed by atoms with Crippen LogP contribution in [0.5, 0.6) is 0 Å². The van der Waals surface area contributed by atoms with Gasteiger partial charge in [0.05, 0.1) is 23.5 Å². The zero-order valence-electron chi connectivity index (χ0n) is 23.4. The summed E-state index contributed by atoms with van der Waals surface area (Å²) in [7, 11) is -2.11. The smallest absolute Gasteiger partial charge is 0.306 e. The molecule has 0 aromatic heterocycles. The third-order valence-corrected chi connectivity index (χ3v) is 9.61. The Morgan fingerprint density at radius 3 is 2.35 bits per heavy atom. The standard InChI is InChI=1S/C27H42O9Si/c1-9-10-11-21(30)34-19-13-26(14-31-17(3)28)20(12-16(19)2)35-24-22(36-37(6,7)8)23(33-18(4)29)25(26,5)27(24)15-32-27/h12,19-20,22-24H,9-11,13-15H2,1-8H3/t19-,20+,22+,23+,24+,25+,26+,27-/m0/s1. The topological polar surface area (TPSA) is 110 Å². The van der Waals surface area contributed by atoms with E-state index in [0.29, 0.717) is 19.4 Å². The molecule has 0 amide bonds. The predicted octanol–water partition coefficient (Wildman–Crippen LogP) is 3.70. The Morgan fingerprint density at radius 2 is 1.81 bits per heavy atom. The number of fused-ring (bicyclic) bond motifs is 2. The minimum Gasteiger partial charge on any atom is -0.465 e. The van der Waals surface area contributed by atoms with Gasteiger partial charge in [-0.05, 0) is 38.6 Å². The molecule has 2 bridgehead atoms. The maximum Gasteiger partial charge on any atom is 0.306 e. The van der Waals surface area contributed by atoms with Gasteiger partial charge >= 0.3 is 17.9 Å². The average molecular weight is 539 g/mol. The van der Waals surface area contributed by atoms with Crippen LogP contribution in [0, 0.1) is 10.8 Å². The summed E-state index contributed by atoms with van der Waals surface area (Å²) in [6.45, 7) is 15.4. The summed E-state index contributed by atoms with van der Waals surface area (Å²) in [5.41, 5.74) is -1.62. The summed E-state index contributed by atoms with van der Waals surface area (Å²) in [5, 5.41) is 0. The molecule has 8 atom stereocenters. The number of rotatable bonds is 9. The molecule has 208 valence electrons. The first-order chi connectivity index (χ1) is 17.2. The molecule has 4 rings (SSSR count). The number of hydrogen-bond donors (Lipinski definition) is 0.